The van der Waals surface area contributed by atoms with Gasteiger partial charge in [0, 0.05) is 44.6 Å². The monoisotopic (exact) mass is 878 g/mol. The minimum absolute atomic E-state index is 0.258. The average molecular weight is 879 g/mol. The number of allylic oxidation sites excluding steroid dienone is 8. The number of ketones is 2. The summed E-state index contributed by atoms with van der Waals surface area (Å²) in [4.78, 5) is 29.5. The van der Waals surface area contributed by atoms with Crippen LogP contribution in [0.15, 0.2) is 192 Å². The number of aryl methyl sites for hydroxylation is 2. The molecule has 0 atom stereocenters. The summed E-state index contributed by atoms with van der Waals surface area (Å²) in [6, 6.07) is 53.3. The lowest BCUT2D eigenvalue weighted by atomic mass is 9.86. The summed E-state index contributed by atoms with van der Waals surface area (Å²) in [6.45, 7) is 3.94. The third-order valence-corrected chi connectivity index (χ3v) is 13.3. The molecule has 0 aliphatic heterocycles. The molecule has 10 heteroatoms. The molecule has 314 valence electrons. The summed E-state index contributed by atoms with van der Waals surface area (Å²) in [5, 5.41) is 0. The molecule has 7 aromatic rings. The van der Waals surface area contributed by atoms with Gasteiger partial charge in [0.1, 0.15) is 0 Å². The molecule has 0 spiro atoms. The first kappa shape index (κ1) is 42.0. The first-order valence-corrected chi connectivity index (χ1v) is 23.2. The fourth-order valence-corrected chi connectivity index (χ4v) is 9.46. The van der Waals surface area contributed by atoms with E-state index in [2.05, 4.69) is 0 Å². The van der Waals surface area contributed by atoms with Crippen LogP contribution in [0, 0.1) is 13.8 Å². The van der Waals surface area contributed by atoms with Gasteiger partial charge in [0.25, 0.3) is 20.2 Å². The van der Waals surface area contributed by atoms with Crippen LogP contribution in [0.5, 0.6) is 0 Å². The zero-order chi connectivity index (χ0) is 44.9. The van der Waals surface area contributed by atoms with Gasteiger partial charge in [-0.3, -0.25) is 18.7 Å². The van der Waals surface area contributed by atoms with Crippen LogP contribution in [0.1, 0.15) is 55.6 Å². The zero-order valence-corrected chi connectivity index (χ0v) is 36.1. The van der Waals surface area contributed by atoms with Gasteiger partial charge in [-0.25, -0.2) is 0 Å². The van der Waals surface area contributed by atoms with Crippen molar-refractivity contribution in [2.75, 3.05) is 0 Å². The molecule has 0 aromatic heterocycles. The van der Waals surface area contributed by atoms with E-state index in [9.17, 15) is 25.9 Å². The van der Waals surface area contributed by atoms with Crippen LogP contribution in [0.25, 0.3) is 44.6 Å². The van der Waals surface area contributed by atoms with Crippen LogP contribution in [0.4, 0.5) is 0 Å². The fourth-order valence-electron chi connectivity index (χ4n) is 8.50. The Bertz CT molecular complexity index is 3380. The lowest BCUT2D eigenvalue weighted by Gasteiger charge is -2.16. The molecule has 0 amide bonds. The number of carbonyl (C=O) groups excluding carboxylic acids is 2. The van der Waals surface area contributed by atoms with Crippen molar-refractivity contribution in [3.8, 4) is 0 Å². The first-order chi connectivity index (χ1) is 30.7. The van der Waals surface area contributed by atoms with Crippen molar-refractivity contribution in [3.63, 3.8) is 0 Å². The predicted octanol–water partition coefficient (Wildman–Crippen LogP) is 11.0. The number of benzene rings is 7. The highest BCUT2D eigenvalue weighted by molar-refractivity contribution is 7.86. The summed E-state index contributed by atoms with van der Waals surface area (Å²) < 4.78 is 67.8. The van der Waals surface area contributed by atoms with Crippen LogP contribution >= 0.6 is 0 Å². The van der Waals surface area contributed by atoms with E-state index in [1.165, 1.54) is 48.5 Å². The van der Waals surface area contributed by atoms with E-state index >= 15 is 9.59 Å². The van der Waals surface area contributed by atoms with Crippen LogP contribution in [-0.2, 0) is 29.8 Å². The van der Waals surface area contributed by atoms with Gasteiger partial charge in [-0.05, 0) is 82.6 Å². The Morgan fingerprint density at radius 2 is 0.484 bits per heavy atom. The van der Waals surface area contributed by atoms with Crippen molar-refractivity contribution in [2.45, 2.75) is 23.6 Å². The number of hydrogen-bond donors (Lipinski definition) is 2. The third kappa shape index (κ3) is 7.73. The molecule has 0 bridgehead atoms. The molecule has 0 unspecified atom stereocenters. The first-order valence-electron chi connectivity index (χ1n) is 20.3. The molecule has 9 rings (SSSR count). The molecule has 64 heavy (non-hydrogen) atoms. The largest absolute Gasteiger partial charge is 0.294 e. The minimum atomic E-state index is -4.51. The van der Waals surface area contributed by atoms with E-state index in [-0.39, 0.29) is 21.4 Å². The standard InChI is InChI=1S/C54H38O8S2/c1-33-13-17-39(18-14-33)49-45(35-9-5-3-6-10-35)48(52(53(49)55)42-27-31-44(32-28-42)64(60,61)62)38-23-21-37(22-24-38)47-46(36-11-7-4-8-12-36)51(41-25-29-43(30-26-41)63(57,58)59)54(56)50(47)40-19-15-34(2)16-20-40/h3-32H,1-2H3,(H,57,58,59)(H,60,61,62). The van der Waals surface area contributed by atoms with Crippen LogP contribution in [0.2, 0.25) is 0 Å². The topological polar surface area (TPSA) is 143 Å². The predicted molar refractivity (Wildman–Crippen MR) is 251 cm³/mol. The average Bonchev–Trinajstić information content (AvgIpc) is 3.78. The maximum Gasteiger partial charge on any atom is 0.294 e. The normalized spacial score (nSPS) is 14.6. The molecule has 0 saturated carbocycles. The summed E-state index contributed by atoms with van der Waals surface area (Å²) in [5.74, 6) is -0.524. The van der Waals surface area contributed by atoms with Gasteiger partial charge in [-0.2, -0.15) is 16.8 Å². The summed E-state index contributed by atoms with van der Waals surface area (Å²) >= 11 is 0. The second-order valence-electron chi connectivity index (χ2n) is 15.7. The van der Waals surface area contributed by atoms with Crippen LogP contribution < -0.4 is 0 Å². The van der Waals surface area contributed by atoms with Crippen LogP contribution in [-0.4, -0.2) is 37.5 Å². The van der Waals surface area contributed by atoms with E-state index in [4.69, 9.17) is 0 Å². The summed E-state index contributed by atoms with van der Waals surface area (Å²) in [7, 11) is -9.00. The van der Waals surface area contributed by atoms with Gasteiger partial charge in [0.15, 0.2) is 11.6 Å². The molecule has 2 N–H and O–H groups in total. The van der Waals surface area contributed by atoms with Gasteiger partial charge in [-0.1, -0.05) is 169 Å². The quantitative estimate of drug-likeness (QED) is 0.129. The molecule has 0 radical (unpaired) electrons. The number of carbonyl (C=O) groups is 2. The van der Waals surface area contributed by atoms with Gasteiger partial charge >= 0.3 is 0 Å². The fraction of sp³-hybridized carbons (Fsp3) is 0.0370. The summed E-state index contributed by atoms with van der Waals surface area (Å²) in [5.41, 5.74) is 11.5. The molecule has 7 aromatic carbocycles. The Hall–Kier alpha value is -7.34. The minimum Gasteiger partial charge on any atom is -0.289 e. The van der Waals surface area contributed by atoms with Gasteiger partial charge in [0.05, 0.1) is 9.79 Å². The van der Waals surface area contributed by atoms with Crippen molar-refractivity contribution in [1.82, 2.24) is 0 Å². The Labute approximate surface area is 371 Å². The Morgan fingerprint density at radius 1 is 0.281 bits per heavy atom. The van der Waals surface area contributed by atoms with E-state index in [1.54, 1.807) is 0 Å². The Kier molecular flexibility index (Phi) is 10.8. The molecule has 2 aliphatic carbocycles. The van der Waals surface area contributed by atoms with Crippen molar-refractivity contribution < 1.29 is 35.5 Å². The van der Waals surface area contributed by atoms with Crippen molar-refractivity contribution in [3.05, 3.63) is 238 Å². The molecular weight excluding hydrogens is 841 g/mol. The highest BCUT2D eigenvalue weighted by atomic mass is 32.2. The molecule has 0 fully saturated rings. The van der Waals surface area contributed by atoms with Crippen LogP contribution in [0.3, 0.4) is 0 Å². The smallest absolute Gasteiger partial charge is 0.289 e. The van der Waals surface area contributed by atoms with E-state index < -0.39 is 20.2 Å². The van der Waals surface area contributed by atoms with Crippen molar-refractivity contribution >= 4 is 76.4 Å². The maximum absolute atomic E-state index is 15.0. The number of Topliss-reactive ketones (excluding diaryl/α,β-unsaturated/α-hetero) is 2. The molecule has 0 saturated heterocycles. The molecule has 2 aliphatic rings. The Balaban J connectivity index is 1.30. The van der Waals surface area contributed by atoms with E-state index in [1.807, 2.05) is 147 Å². The lowest BCUT2D eigenvalue weighted by molar-refractivity contribution is -0.109. The maximum atomic E-state index is 15.0. The van der Waals surface area contributed by atoms with Gasteiger partial charge in [0.2, 0.25) is 0 Å². The van der Waals surface area contributed by atoms with Gasteiger partial charge < -0.3 is 0 Å². The zero-order valence-electron chi connectivity index (χ0n) is 34.5. The highest BCUT2D eigenvalue weighted by Crippen LogP contribution is 2.52. The summed E-state index contributed by atoms with van der Waals surface area (Å²) in [6.07, 6.45) is 0. The second-order valence-corrected chi connectivity index (χ2v) is 18.5. The highest BCUT2D eigenvalue weighted by Gasteiger charge is 2.38. The lowest BCUT2D eigenvalue weighted by Crippen LogP contribution is -2.03. The molecule has 8 nitrogen and oxygen atoms in total. The third-order valence-electron chi connectivity index (χ3n) is 11.6. The van der Waals surface area contributed by atoms with Crippen molar-refractivity contribution in [2.24, 2.45) is 0 Å². The number of hydrogen-bond acceptors (Lipinski definition) is 6. The van der Waals surface area contributed by atoms with Crippen molar-refractivity contribution in [1.29, 1.82) is 0 Å². The Morgan fingerprint density at radius 3 is 0.734 bits per heavy atom. The van der Waals surface area contributed by atoms with E-state index in [0.29, 0.717) is 78.0 Å². The van der Waals surface area contributed by atoms with Gasteiger partial charge in [-0.15, -0.1) is 0 Å². The SMILES string of the molecule is Cc1ccc(C2=C(c3ccccc3)C(c3ccc(C4=C(c5ccc(C)cc5)C(=O)C(c5ccc(S(=O)(=O)O)cc5)=C4c4ccccc4)cc3)=C(c3ccc(S(=O)(=O)O)cc3)C2=O)cc1. The molecule has 0 heterocycles. The second kappa shape index (κ2) is 16.4. The number of rotatable bonds is 10. The molecular formula is C54H38O8S2. The van der Waals surface area contributed by atoms with E-state index in [0.717, 1.165) is 22.3 Å².